The second-order valence-corrected chi connectivity index (χ2v) is 6.90. The van der Waals surface area contributed by atoms with Crippen molar-refractivity contribution in [3.05, 3.63) is 64.3 Å². The molecule has 0 saturated carbocycles. The Morgan fingerprint density at radius 2 is 1.84 bits per heavy atom. The number of anilines is 3. The smallest absolute Gasteiger partial charge is 0.264 e. The van der Waals surface area contributed by atoms with E-state index in [1.54, 1.807) is 17.0 Å². The number of pyridine rings is 1. The number of aryl methyl sites for hydroxylation is 1. The lowest BCUT2D eigenvalue weighted by atomic mass is 10.2. The molecule has 0 bridgehead atoms. The molecule has 5 nitrogen and oxygen atoms in total. The van der Waals surface area contributed by atoms with Crippen LogP contribution in [0, 0.1) is 6.92 Å². The van der Waals surface area contributed by atoms with E-state index >= 15 is 0 Å². The van der Waals surface area contributed by atoms with Crippen molar-refractivity contribution < 1.29 is 4.79 Å². The van der Waals surface area contributed by atoms with E-state index in [4.69, 9.17) is 11.6 Å². The van der Waals surface area contributed by atoms with E-state index < -0.39 is 0 Å². The summed E-state index contributed by atoms with van der Waals surface area (Å²) in [5, 5.41) is 2.81. The molecular formula is C18H17ClN4OS. The molecule has 1 amide bonds. The first-order chi connectivity index (χ1) is 12.0. The van der Waals surface area contributed by atoms with Crippen LogP contribution >= 0.6 is 22.9 Å². The van der Waals surface area contributed by atoms with Crippen LogP contribution in [0.25, 0.3) is 0 Å². The Bertz CT molecular complexity index is 895. The number of thiazole rings is 1. The minimum atomic E-state index is -0.201. The number of amides is 1. The summed E-state index contributed by atoms with van der Waals surface area (Å²) in [5.41, 5.74) is 2.08. The Morgan fingerprint density at radius 1 is 1.12 bits per heavy atom. The lowest BCUT2D eigenvalue weighted by Crippen LogP contribution is -2.26. The minimum absolute atomic E-state index is 0.201. The zero-order valence-electron chi connectivity index (χ0n) is 14.1. The Morgan fingerprint density at radius 3 is 2.44 bits per heavy atom. The number of rotatable bonds is 4. The van der Waals surface area contributed by atoms with E-state index in [1.807, 2.05) is 61.6 Å². The molecule has 0 N–H and O–H groups in total. The molecule has 0 aliphatic heterocycles. The molecular weight excluding hydrogens is 356 g/mol. The molecule has 25 heavy (non-hydrogen) atoms. The number of aromatic nitrogens is 2. The zero-order valence-corrected chi connectivity index (χ0v) is 15.7. The summed E-state index contributed by atoms with van der Waals surface area (Å²) >= 11 is 7.54. The highest BCUT2D eigenvalue weighted by Crippen LogP contribution is 2.31. The number of carbonyl (C=O) groups is 1. The van der Waals surface area contributed by atoms with E-state index in [2.05, 4.69) is 9.97 Å². The van der Waals surface area contributed by atoms with Gasteiger partial charge in [-0.05, 0) is 31.2 Å². The van der Waals surface area contributed by atoms with Gasteiger partial charge in [0.2, 0.25) is 0 Å². The van der Waals surface area contributed by atoms with Crippen molar-refractivity contribution in [2.75, 3.05) is 23.9 Å². The van der Waals surface area contributed by atoms with Crippen LogP contribution in [-0.4, -0.2) is 30.0 Å². The van der Waals surface area contributed by atoms with E-state index in [9.17, 15) is 4.79 Å². The Labute approximate surface area is 155 Å². The van der Waals surface area contributed by atoms with Gasteiger partial charge in [-0.1, -0.05) is 29.8 Å². The summed E-state index contributed by atoms with van der Waals surface area (Å²) in [4.78, 5) is 25.4. The molecule has 3 aromatic rings. The van der Waals surface area contributed by atoms with Gasteiger partial charge in [0.05, 0.1) is 11.4 Å². The van der Waals surface area contributed by atoms with Crippen LogP contribution in [0.4, 0.5) is 16.6 Å². The number of para-hydroxylation sites is 1. The fourth-order valence-electron chi connectivity index (χ4n) is 2.30. The minimum Gasteiger partial charge on any atom is -0.363 e. The third-order valence-electron chi connectivity index (χ3n) is 3.50. The number of hydrogen-bond acceptors (Lipinski definition) is 5. The molecule has 1 aromatic carbocycles. The normalized spacial score (nSPS) is 10.6. The maximum atomic E-state index is 13.3. The van der Waals surface area contributed by atoms with Crippen molar-refractivity contribution in [2.45, 2.75) is 6.92 Å². The van der Waals surface area contributed by atoms with E-state index in [0.29, 0.717) is 16.5 Å². The van der Waals surface area contributed by atoms with Crippen molar-refractivity contribution in [3.8, 4) is 0 Å². The summed E-state index contributed by atoms with van der Waals surface area (Å²) in [6.45, 7) is 1.90. The van der Waals surface area contributed by atoms with Gasteiger partial charge in [0.1, 0.15) is 11.0 Å². The third kappa shape index (κ3) is 3.81. The number of halogens is 1. The van der Waals surface area contributed by atoms with Gasteiger partial charge in [0.25, 0.3) is 5.91 Å². The molecule has 7 heteroatoms. The number of benzene rings is 1. The first kappa shape index (κ1) is 17.4. The topological polar surface area (TPSA) is 49.3 Å². The Balaban J connectivity index is 2.09. The average molecular weight is 373 g/mol. The zero-order chi connectivity index (χ0) is 18.0. The second-order valence-electron chi connectivity index (χ2n) is 5.68. The standard InChI is InChI=1S/C18H17ClN4OS/c1-12-11-25-18(20-12)23(14-7-5-4-6-8-14)17(24)13-9-15(19)21-16(10-13)22(2)3/h4-11H,1-3H3. The van der Waals surface area contributed by atoms with Crippen LogP contribution in [0.15, 0.2) is 47.8 Å². The van der Waals surface area contributed by atoms with Crippen molar-refractivity contribution in [1.29, 1.82) is 0 Å². The van der Waals surface area contributed by atoms with Crippen LogP contribution in [-0.2, 0) is 0 Å². The Kier molecular flexibility index (Phi) is 5.01. The quantitative estimate of drug-likeness (QED) is 0.630. The highest BCUT2D eigenvalue weighted by Gasteiger charge is 2.23. The van der Waals surface area contributed by atoms with Gasteiger partial charge in [0.15, 0.2) is 5.13 Å². The predicted molar refractivity (Wildman–Crippen MR) is 103 cm³/mol. The first-order valence-corrected chi connectivity index (χ1v) is 8.88. The maximum Gasteiger partial charge on any atom is 0.264 e. The molecule has 0 unspecified atom stereocenters. The van der Waals surface area contributed by atoms with Crippen LogP contribution in [0.2, 0.25) is 5.15 Å². The molecule has 2 heterocycles. The number of hydrogen-bond donors (Lipinski definition) is 0. The lowest BCUT2D eigenvalue weighted by Gasteiger charge is -2.21. The van der Waals surface area contributed by atoms with Crippen LogP contribution in [0.5, 0.6) is 0 Å². The average Bonchev–Trinajstić information content (AvgIpc) is 3.01. The van der Waals surface area contributed by atoms with E-state index in [0.717, 1.165) is 11.4 Å². The van der Waals surface area contributed by atoms with Gasteiger partial charge in [-0.15, -0.1) is 11.3 Å². The molecule has 0 aliphatic carbocycles. The third-order valence-corrected chi connectivity index (χ3v) is 4.64. The SMILES string of the molecule is Cc1csc(N(C(=O)c2cc(Cl)nc(N(C)C)c2)c2ccccc2)n1. The lowest BCUT2D eigenvalue weighted by molar-refractivity contribution is 0.0999. The summed E-state index contributed by atoms with van der Waals surface area (Å²) < 4.78 is 0. The number of carbonyl (C=O) groups excluding carboxylic acids is 1. The number of nitrogens with zero attached hydrogens (tertiary/aromatic N) is 4. The fraction of sp³-hybridized carbons (Fsp3) is 0.167. The van der Waals surface area contributed by atoms with Gasteiger partial charge in [0, 0.05) is 25.0 Å². The van der Waals surface area contributed by atoms with Gasteiger partial charge in [-0.2, -0.15) is 0 Å². The fourth-order valence-corrected chi connectivity index (χ4v) is 3.32. The van der Waals surface area contributed by atoms with E-state index in [-0.39, 0.29) is 11.1 Å². The van der Waals surface area contributed by atoms with Crippen LogP contribution in [0.1, 0.15) is 16.1 Å². The summed E-state index contributed by atoms with van der Waals surface area (Å²) in [6, 6.07) is 12.8. The summed E-state index contributed by atoms with van der Waals surface area (Å²) in [5.74, 6) is 0.423. The van der Waals surface area contributed by atoms with Crippen molar-refractivity contribution in [2.24, 2.45) is 0 Å². The van der Waals surface area contributed by atoms with Crippen molar-refractivity contribution in [1.82, 2.24) is 9.97 Å². The van der Waals surface area contributed by atoms with Crippen molar-refractivity contribution in [3.63, 3.8) is 0 Å². The largest absolute Gasteiger partial charge is 0.363 e. The van der Waals surface area contributed by atoms with Gasteiger partial charge in [-0.25, -0.2) is 9.97 Å². The maximum absolute atomic E-state index is 13.3. The van der Waals surface area contributed by atoms with Crippen LogP contribution < -0.4 is 9.80 Å². The Hall–Kier alpha value is -2.44. The molecule has 3 rings (SSSR count). The molecule has 0 saturated heterocycles. The summed E-state index contributed by atoms with van der Waals surface area (Å²) in [6.07, 6.45) is 0. The predicted octanol–water partition coefficient (Wildman–Crippen LogP) is 4.54. The highest BCUT2D eigenvalue weighted by molar-refractivity contribution is 7.14. The van der Waals surface area contributed by atoms with Gasteiger partial charge >= 0.3 is 0 Å². The van der Waals surface area contributed by atoms with E-state index in [1.165, 1.54) is 11.3 Å². The molecule has 0 spiro atoms. The second kappa shape index (κ2) is 7.21. The van der Waals surface area contributed by atoms with Gasteiger partial charge < -0.3 is 4.90 Å². The van der Waals surface area contributed by atoms with Crippen LogP contribution in [0.3, 0.4) is 0 Å². The first-order valence-electron chi connectivity index (χ1n) is 7.62. The van der Waals surface area contributed by atoms with Gasteiger partial charge in [-0.3, -0.25) is 9.69 Å². The molecule has 0 atom stereocenters. The monoisotopic (exact) mass is 372 g/mol. The molecule has 0 fully saturated rings. The van der Waals surface area contributed by atoms with Crippen molar-refractivity contribution >= 4 is 45.5 Å². The molecule has 0 aliphatic rings. The molecule has 128 valence electrons. The molecule has 0 radical (unpaired) electrons. The highest BCUT2D eigenvalue weighted by atomic mass is 35.5. The molecule has 2 aromatic heterocycles. The summed E-state index contributed by atoms with van der Waals surface area (Å²) in [7, 11) is 3.71.